The predicted molar refractivity (Wildman–Crippen MR) is 86.2 cm³/mol. The highest BCUT2D eigenvalue weighted by Gasteiger charge is 2.10. The molecule has 1 N–H and O–H groups in total. The first-order valence-electron chi connectivity index (χ1n) is 6.55. The van der Waals surface area contributed by atoms with Gasteiger partial charge in [0.2, 0.25) is 0 Å². The van der Waals surface area contributed by atoms with Crippen LogP contribution in [0.1, 0.15) is 25.0 Å². The van der Waals surface area contributed by atoms with Crippen LogP contribution < -0.4 is 9.47 Å². The molecule has 0 aliphatic rings. The number of oxime groups is 1. The molecule has 1 rings (SSSR count). The Morgan fingerprint density at radius 1 is 1.33 bits per heavy atom. The summed E-state index contributed by atoms with van der Waals surface area (Å²) in [5.74, 6) is 1.52. The average Bonchev–Trinajstić information content (AvgIpc) is 2.44. The van der Waals surface area contributed by atoms with Gasteiger partial charge in [-0.2, -0.15) is 0 Å². The predicted octanol–water partition coefficient (Wildman–Crippen LogP) is 4.48. The van der Waals surface area contributed by atoms with Crippen molar-refractivity contribution in [2.75, 3.05) is 13.2 Å². The number of hydrogen-bond donors (Lipinski definition) is 1. The van der Waals surface area contributed by atoms with E-state index in [0.717, 1.165) is 29.0 Å². The Bertz CT molecular complexity index is 538. The topological polar surface area (TPSA) is 51.0 Å². The lowest BCUT2D eigenvalue weighted by Gasteiger charge is -2.15. The zero-order valence-corrected chi connectivity index (χ0v) is 13.8. The minimum Gasteiger partial charge on any atom is -0.489 e. The van der Waals surface area contributed by atoms with Crippen molar-refractivity contribution < 1.29 is 14.7 Å². The molecule has 0 fully saturated rings. The molecule has 6 heteroatoms. The zero-order chi connectivity index (χ0) is 15.8. The summed E-state index contributed by atoms with van der Waals surface area (Å²) in [5, 5.41) is 11.8. The second kappa shape index (κ2) is 8.80. The summed E-state index contributed by atoms with van der Waals surface area (Å²) < 4.78 is 11.5. The highest BCUT2D eigenvalue weighted by Crippen LogP contribution is 2.29. The number of hydrogen-bond acceptors (Lipinski definition) is 4. The Balaban J connectivity index is 2.88. The lowest BCUT2D eigenvalue weighted by Crippen LogP contribution is -2.10. The van der Waals surface area contributed by atoms with Crippen molar-refractivity contribution in [3.05, 3.63) is 33.8 Å². The number of ether oxygens (including phenoxy) is 2. The second-order valence-electron chi connectivity index (χ2n) is 4.51. The fourth-order valence-corrected chi connectivity index (χ4v) is 1.90. The zero-order valence-electron chi connectivity index (χ0n) is 12.3. The molecule has 0 heterocycles. The lowest BCUT2D eigenvalue weighted by molar-refractivity contribution is 0.305. The van der Waals surface area contributed by atoms with E-state index in [1.54, 1.807) is 13.0 Å². The molecule has 1 aromatic carbocycles. The third kappa shape index (κ3) is 5.86. The normalized spacial score (nSPS) is 11.2. The van der Waals surface area contributed by atoms with Crippen LogP contribution >= 0.6 is 23.2 Å². The number of nitrogens with zero attached hydrogens (tertiary/aromatic N) is 1. The molecule has 4 nitrogen and oxygen atoms in total. The van der Waals surface area contributed by atoms with Crippen molar-refractivity contribution in [1.82, 2.24) is 0 Å². The quantitative estimate of drug-likeness (QED) is 0.455. The van der Waals surface area contributed by atoms with E-state index in [1.807, 2.05) is 26.0 Å². The van der Waals surface area contributed by atoms with Crippen LogP contribution in [-0.4, -0.2) is 24.1 Å². The SMILES string of the molecule is CCc1cc(OCC=C(Cl)Cl)cc(C)c1OCC(C)=NO. The fraction of sp³-hybridized carbons (Fsp3) is 0.400. The van der Waals surface area contributed by atoms with E-state index in [1.165, 1.54) is 0 Å². The van der Waals surface area contributed by atoms with Gasteiger partial charge in [-0.25, -0.2) is 0 Å². The Morgan fingerprint density at radius 3 is 2.62 bits per heavy atom. The maximum absolute atomic E-state index is 8.66. The molecule has 116 valence electrons. The van der Waals surface area contributed by atoms with Crippen LogP contribution in [0, 0.1) is 6.92 Å². The summed E-state index contributed by atoms with van der Waals surface area (Å²) in [7, 11) is 0. The van der Waals surface area contributed by atoms with Crippen LogP contribution in [0.25, 0.3) is 0 Å². The lowest BCUT2D eigenvalue weighted by atomic mass is 10.1. The van der Waals surface area contributed by atoms with Gasteiger partial charge in [-0.15, -0.1) is 0 Å². The van der Waals surface area contributed by atoms with Crippen LogP contribution in [0.2, 0.25) is 0 Å². The molecule has 0 bridgehead atoms. The van der Waals surface area contributed by atoms with Crippen LogP contribution in [0.15, 0.2) is 27.9 Å². The van der Waals surface area contributed by atoms with Gasteiger partial charge < -0.3 is 14.7 Å². The minimum absolute atomic E-state index is 0.182. The number of aryl methyl sites for hydroxylation is 2. The molecule has 21 heavy (non-hydrogen) atoms. The van der Waals surface area contributed by atoms with Crippen LogP contribution in [0.4, 0.5) is 0 Å². The van der Waals surface area contributed by atoms with Crippen molar-refractivity contribution in [3.63, 3.8) is 0 Å². The van der Waals surface area contributed by atoms with E-state index in [9.17, 15) is 0 Å². The molecule has 0 amide bonds. The summed E-state index contributed by atoms with van der Waals surface area (Å²) in [6.07, 6.45) is 2.38. The Labute approximate surface area is 135 Å². The van der Waals surface area contributed by atoms with Gasteiger partial charge in [0.05, 0.1) is 5.71 Å². The van der Waals surface area contributed by atoms with Gasteiger partial charge in [0.1, 0.15) is 29.2 Å². The molecule has 0 aliphatic carbocycles. The molecule has 0 aliphatic heterocycles. The molecule has 0 aromatic heterocycles. The summed E-state index contributed by atoms with van der Waals surface area (Å²) in [5.41, 5.74) is 2.49. The van der Waals surface area contributed by atoms with Gasteiger partial charge in [-0.1, -0.05) is 35.3 Å². The Morgan fingerprint density at radius 2 is 2.05 bits per heavy atom. The van der Waals surface area contributed by atoms with Gasteiger partial charge in [-0.05, 0) is 49.6 Å². The first kappa shape index (κ1) is 17.7. The van der Waals surface area contributed by atoms with Crippen molar-refractivity contribution in [2.24, 2.45) is 5.16 Å². The largest absolute Gasteiger partial charge is 0.489 e. The highest BCUT2D eigenvalue weighted by atomic mass is 35.5. The Kier molecular flexibility index (Phi) is 7.40. The summed E-state index contributed by atoms with van der Waals surface area (Å²) in [4.78, 5) is 0. The maximum Gasteiger partial charge on any atom is 0.129 e. The minimum atomic E-state index is 0.182. The molecule has 0 unspecified atom stereocenters. The average molecular weight is 332 g/mol. The molecule has 0 saturated carbocycles. The van der Waals surface area contributed by atoms with Gasteiger partial charge in [-0.3, -0.25) is 0 Å². The smallest absolute Gasteiger partial charge is 0.129 e. The fourth-order valence-electron chi connectivity index (χ4n) is 1.77. The van der Waals surface area contributed by atoms with Crippen molar-refractivity contribution in [2.45, 2.75) is 27.2 Å². The highest BCUT2D eigenvalue weighted by molar-refractivity contribution is 6.55. The van der Waals surface area contributed by atoms with Gasteiger partial charge in [0.25, 0.3) is 0 Å². The first-order valence-corrected chi connectivity index (χ1v) is 7.31. The molecule has 1 aromatic rings. The van der Waals surface area contributed by atoms with E-state index in [-0.39, 0.29) is 11.1 Å². The third-order valence-electron chi connectivity index (χ3n) is 2.79. The van der Waals surface area contributed by atoms with Gasteiger partial charge in [0, 0.05) is 0 Å². The molecular formula is C15H19Cl2NO3. The van der Waals surface area contributed by atoms with Gasteiger partial charge in [0.15, 0.2) is 0 Å². The van der Waals surface area contributed by atoms with E-state index in [2.05, 4.69) is 5.16 Å². The standard InChI is InChI=1S/C15H19Cl2NO3/c1-4-12-8-13(20-6-5-14(16)17)7-10(2)15(12)21-9-11(3)18-19/h5,7-8,19H,4,6,9H2,1-3H3. The van der Waals surface area contributed by atoms with E-state index in [4.69, 9.17) is 37.9 Å². The third-order valence-corrected chi connectivity index (χ3v) is 3.10. The second-order valence-corrected chi connectivity index (χ2v) is 5.52. The van der Waals surface area contributed by atoms with Crippen molar-refractivity contribution in [3.8, 4) is 11.5 Å². The summed E-state index contributed by atoms with van der Waals surface area (Å²) in [6, 6.07) is 3.81. The monoisotopic (exact) mass is 331 g/mol. The molecular weight excluding hydrogens is 313 g/mol. The van der Waals surface area contributed by atoms with E-state index < -0.39 is 0 Å². The molecule has 0 radical (unpaired) electrons. The van der Waals surface area contributed by atoms with Crippen molar-refractivity contribution >= 4 is 28.9 Å². The Hall–Kier alpha value is -1.39. The summed E-state index contributed by atoms with van der Waals surface area (Å²) in [6.45, 7) is 6.22. The van der Waals surface area contributed by atoms with E-state index >= 15 is 0 Å². The summed E-state index contributed by atoms with van der Waals surface area (Å²) >= 11 is 11.1. The van der Waals surface area contributed by atoms with Crippen LogP contribution in [-0.2, 0) is 6.42 Å². The molecule has 0 spiro atoms. The number of rotatable bonds is 7. The molecule has 0 saturated heterocycles. The number of halogens is 2. The van der Waals surface area contributed by atoms with Crippen LogP contribution in [0.3, 0.4) is 0 Å². The maximum atomic E-state index is 8.66. The van der Waals surface area contributed by atoms with Crippen molar-refractivity contribution in [1.29, 1.82) is 0 Å². The number of benzene rings is 1. The molecule has 0 atom stereocenters. The van der Waals surface area contributed by atoms with E-state index in [0.29, 0.717) is 12.3 Å². The van der Waals surface area contributed by atoms with Crippen LogP contribution in [0.5, 0.6) is 11.5 Å². The van der Waals surface area contributed by atoms with Gasteiger partial charge >= 0.3 is 0 Å². The first-order chi connectivity index (χ1) is 9.97.